The van der Waals surface area contributed by atoms with Gasteiger partial charge in [-0.3, -0.25) is 0 Å². The van der Waals surface area contributed by atoms with E-state index in [9.17, 15) is 0 Å². The van der Waals surface area contributed by atoms with E-state index in [0.717, 1.165) is 11.1 Å². The first-order chi connectivity index (χ1) is 19.8. The fourth-order valence-corrected chi connectivity index (χ4v) is 6.07. The molecule has 7 aromatic carbocycles. The first-order valence-corrected chi connectivity index (χ1v) is 13.6. The predicted octanol–water partition coefficient (Wildman–Crippen LogP) is 10.0. The molecule has 1 heterocycles. The Morgan fingerprint density at radius 2 is 0.850 bits per heavy atom. The van der Waals surface area contributed by atoms with Crippen LogP contribution in [-0.4, -0.2) is 9.97 Å². The third-order valence-corrected chi connectivity index (χ3v) is 8.04. The summed E-state index contributed by atoms with van der Waals surface area (Å²) < 4.78 is 0. The largest absolute Gasteiger partial charge is 0.244 e. The van der Waals surface area contributed by atoms with Crippen molar-refractivity contribution in [1.82, 2.24) is 9.97 Å². The smallest absolute Gasteiger partial charge is 0.115 e. The molecule has 0 bridgehead atoms. The number of nitrogens with zero attached hydrogens (tertiary/aromatic N) is 2. The zero-order valence-corrected chi connectivity index (χ0v) is 21.8. The SMILES string of the molecule is c1ccc(-c2ccc(-c3cc(-c4ccc(-c5cncnc5)cc4)c4ccc5cccc6ccc3c4c65)cc2)cc1. The number of benzene rings is 7. The Morgan fingerprint density at radius 3 is 1.43 bits per heavy atom. The van der Waals surface area contributed by atoms with Crippen LogP contribution in [0.15, 0.2) is 146 Å². The molecule has 0 spiro atoms. The molecule has 0 fully saturated rings. The van der Waals surface area contributed by atoms with Crippen LogP contribution in [0.4, 0.5) is 0 Å². The Balaban J connectivity index is 1.36. The summed E-state index contributed by atoms with van der Waals surface area (Å²) in [5, 5.41) is 7.78. The standard InChI is InChI=1S/C38H24N2/c1-2-5-25(6-3-1)26-9-13-28(14-10-26)35-21-36(29-15-11-27(12-16-29)32-22-39-24-40-23-32)34-20-18-31-8-4-7-30-17-19-33(35)38(34)37(30)31/h1-24H. The highest BCUT2D eigenvalue weighted by molar-refractivity contribution is 6.28. The average molecular weight is 509 g/mol. The maximum absolute atomic E-state index is 4.19. The van der Waals surface area contributed by atoms with Crippen LogP contribution < -0.4 is 0 Å². The van der Waals surface area contributed by atoms with Crippen molar-refractivity contribution in [3.8, 4) is 44.5 Å². The first kappa shape index (κ1) is 22.6. The van der Waals surface area contributed by atoms with Crippen molar-refractivity contribution in [2.45, 2.75) is 0 Å². The molecule has 8 rings (SSSR count). The Hall–Kier alpha value is -5.34. The maximum Gasteiger partial charge on any atom is 0.115 e. The van der Waals surface area contributed by atoms with E-state index in [1.54, 1.807) is 6.33 Å². The summed E-state index contributed by atoms with van der Waals surface area (Å²) in [6, 6.07) is 46.4. The third-order valence-electron chi connectivity index (χ3n) is 8.04. The minimum absolute atomic E-state index is 1.02. The van der Waals surface area contributed by atoms with Gasteiger partial charge in [-0.2, -0.15) is 0 Å². The molecule has 0 saturated carbocycles. The van der Waals surface area contributed by atoms with E-state index in [-0.39, 0.29) is 0 Å². The molecule has 0 saturated heterocycles. The van der Waals surface area contributed by atoms with Gasteiger partial charge >= 0.3 is 0 Å². The average Bonchev–Trinajstić information content (AvgIpc) is 3.04. The highest BCUT2D eigenvalue weighted by Gasteiger charge is 2.17. The van der Waals surface area contributed by atoms with E-state index >= 15 is 0 Å². The van der Waals surface area contributed by atoms with Crippen LogP contribution in [0.25, 0.3) is 76.8 Å². The Bertz CT molecular complexity index is 1970. The third kappa shape index (κ3) is 3.65. The molecule has 0 amide bonds. The molecule has 0 atom stereocenters. The van der Waals surface area contributed by atoms with E-state index in [1.165, 1.54) is 65.7 Å². The Kier molecular flexibility index (Phi) is 5.17. The lowest BCUT2D eigenvalue weighted by Crippen LogP contribution is -1.91. The lowest BCUT2D eigenvalue weighted by atomic mass is 9.85. The second kappa shape index (κ2) is 9.14. The second-order valence-corrected chi connectivity index (χ2v) is 10.3. The van der Waals surface area contributed by atoms with Crippen LogP contribution in [0.1, 0.15) is 0 Å². The van der Waals surface area contributed by atoms with E-state index in [2.05, 4.69) is 137 Å². The maximum atomic E-state index is 4.19. The van der Waals surface area contributed by atoms with E-state index in [1.807, 2.05) is 12.4 Å². The van der Waals surface area contributed by atoms with E-state index in [0.29, 0.717) is 0 Å². The van der Waals surface area contributed by atoms with Crippen LogP contribution in [-0.2, 0) is 0 Å². The van der Waals surface area contributed by atoms with Crippen LogP contribution in [0.2, 0.25) is 0 Å². The fraction of sp³-hybridized carbons (Fsp3) is 0. The van der Waals surface area contributed by atoms with Gasteiger partial charge in [-0.05, 0) is 77.3 Å². The van der Waals surface area contributed by atoms with Gasteiger partial charge in [0, 0.05) is 18.0 Å². The van der Waals surface area contributed by atoms with Crippen LogP contribution in [0, 0.1) is 0 Å². The zero-order valence-electron chi connectivity index (χ0n) is 21.8. The molecule has 8 aromatic rings. The quantitative estimate of drug-likeness (QED) is 0.221. The summed E-state index contributed by atoms with van der Waals surface area (Å²) in [4.78, 5) is 8.38. The number of rotatable bonds is 4. The van der Waals surface area contributed by atoms with Gasteiger partial charge in [0.15, 0.2) is 0 Å². The predicted molar refractivity (Wildman–Crippen MR) is 167 cm³/mol. The van der Waals surface area contributed by atoms with Crippen molar-refractivity contribution < 1.29 is 0 Å². The molecule has 186 valence electrons. The fourth-order valence-electron chi connectivity index (χ4n) is 6.07. The highest BCUT2D eigenvalue weighted by Crippen LogP contribution is 2.44. The summed E-state index contributed by atoms with van der Waals surface area (Å²) in [6.07, 6.45) is 5.28. The molecular weight excluding hydrogens is 484 g/mol. The number of aromatic nitrogens is 2. The van der Waals surface area contributed by atoms with Gasteiger partial charge < -0.3 is 0 Å². The van der Waals surface area contributed by atoms with Gasteiger partial charge in [-0.15, -0.1) is 0 Å². The van der Waals surface area contributed by atoms with E-state index < -0.39 is 0 Å². The molecule has 0 unspecified atom stereocenters. The highest BCUT2D eigenvalue weighted by atomic mass is 14.8. The Morgan fingerprint density at radius 1 is 0.350 bits per heavy atom. The van der Waals surface area contributed by atoms with E-state index in [4.69, 9.17) is 0 Å². The normalized spacial score (nSPS) is 11.5. The molecule has 0 aliphatic rings. The lowest BCUT2D eigenvalue weighted by molar-refractivity contribution is 1.17. The first-order valence-electron chi connectivity index (χ1n) is 13.6. The second-order valence-electron chi connectivity index (χ2n) is 10.3. The molecular formula is C38H24N2. The monoisotopic (exact) mass is 508 g/mol. The molecule has 0 aliphatic heterocycles. The van der Waals surface area contributed by atoms with Gasteiger partial charge in [0.2, 0.25) is 0 Å². The minimum Gasteiger partial charge on any atom is -0.244 e. The van der Waals surface area contributed by atoms with Gasteiger partial charge in [-0.25, -0.2) is 9.97 Å². The summed E-state index contributed by atoms with van der Waals surface area (Å²) in [7, 11) is 0. The van der Waals surface area contributed by atoms with Crippen LogP contribution in [0.5, 0.6) is 0 Å². The lowest BCUT2D eigenvalue weighted by Gasteiger charge is -2.18. The van der Waals surface area contributed by atoms with Crippen molar-refractivity contribution in [3.05, 3.63) is 146 Å². The van der Waals surface area contributed by atoms with Crippen molar-refractivity contribution in [1.29, 1.82) is 0 Å². The van der Waals surface area contributed by atoms with Gasteiger partial charge in [0.1, 0.15) is 6.33 Å². The summed E-state index contributed by atoms with van der Waals surface area (Å²) in [6.45, 7) is 0. The molecule has 40 heavy (non-hydrogen) atoms. The van der Waals surface area contributed by atoms with Crippen molar-refractivity contribution >= 4 is 32.3 Å². The molecule has 0 N–H and O–H groups in total. The number of hydrogen-bond acceptors (Lipinski definition) is 2. The topological polar surface area (TPSA) is 25.8 Å². The van der Waals surface area contributed by atoms with Crippen molar-refractivity contribution in [2.75, 3.05) is 0 Å². The summed E-state index contributed by atoms with van der Waals surface area (Å²) >= 11 is 0. The Labute approximate surface area is 232 Å². The molecule has 1 aromatic heterocycles. The molecule has 2 nitrogen and oxygen atoms in total. The zero-order chi connectivity index (χ0) is 26.5. The van der Waals surface area contributed by atoms with Gasteiger partial charge in [0.05, 0.1) is 0 Å². The van der Waals surface area contributed by atoms with Gasteiger partial charge in [-0.1, -0.05) is 121 Å². The minimum atomic E-state index is 1.02. The summed E-state index contributed by atoms with van der Waals surface area (Å²) in [5.74, 6) is 0. The van der Waals surface area contributed by atoms with Crippen molar-refractivity contribution in [2.24, 2.45) is 0 Å². The van der Waals surface area contributed by atoms with Crippen LogP contribution in [0.3, 0.4) is 0 Å². The molecule has 0 aliphatic carbocycles. The molecule has 0 radical (unpaired) electrons. The number of hydrogen-bond donors (Lipinski definition) is 0. The summed E-state index contributed by atoms with van der Waals surface area (Å²) in [5.41, 5.74) is 9.49. The van der Waals surface area contributed by atoms with Crippen molar-refractivity contribution in [3.63, 3.8) is 0 Å². The van der Waals surface area contributed by atoms with Crippen LogP contribution >= 0.6 is 0 Å². The van der Waals surface area contributed by atoms with Gasteiger partial charge in [0.25, 0.3) is 0 Å². The molecule has 2 heteroatoms.